The van der Waals surface area contributed by atoms with Gasteiger partial charge >= 0.3 is 0 Å². The average Bonchev–Trinajstić information content (AvgIpc) is 2.96. The summed E-state index contributed by atoms with van der Waals surface area (Å²) in [6.07, 6.45) is 5.08. The molecule has 0 radical (unpaired) electrons. The van der Waals surface area contributed by atoms with E-state index in [-0.39, 0.29) is 5.91 Å². The summed E-state index contributed by atoms with van der Waals surface area (Å²) in [7, 11) is 0. The van der Waals surface area contributed by atoms with Gasteiger partial charge in [0.2, 0.25) is 0 Å². The second-order valence-electron chi connectivity index (χ2n) is 5.94. The fraction of sp³-hybridized carbons (Fsp3) is 0.438. The van der Waals surface area contributed by atoms with Crippen molar-refractivity contribution in [1.82, 2.24) is 20.5 Å². The van der Waals surface area contributed by atoms with Crippen molar-refractivity contribution in [1.29, 1.82) is 0 Å². The molecule has 1 aromatic heterocycles. The molecule has 0 spiro atoms. The molecule has 2 heterocycles. The molecule has 2 N–H and O–H groups in total. The predicted molar refractivity (Wildman–Crippen MR) is 81.4 cm³/mol. The van der Waals surface area contributed by atoms with Gasteiger partial charge in [-0.05, 0) is 37.5 Å². The lowest BCUT2D eigenvalue weighted by molar-refractivity contribution is 0.0809. The first kappa shape index (κ1) is 14.0. The molecule has 1 amide bonds. The molecule has 120 valence electrons. The van der Waals surface area contributed by atoms with Gasteiger partial charge in [0, 0.05) is 12.0 Å². The van der Waals surface area contributed by atoms with Gasteiger partial charge in [-0.3, -0.25) is 9.89 Å². The zero-order valence-corrected chi connectivity index (χ0v) is 12.7. The Bertz CT molecular complexity index is 710. The maximum Gasteiger partial charge on any atom is 0.252 e. The molecule has 2 aliphatic rings. The van der Waals surface area contributed by atoms with Crippen LogP contribution in [0.1, 0.15) is 41.9 Å². The van der Waals surface area contributed by atoms with Gasteiger partial charge < -0.3 is 14.8 Å². The summed E-state index contributed by atoms with van der Waals surface area (Å²) in [4.78, 5) is 16.9. The smallest absolute Gasteiger partial charge is 0.252 e. The Kier molecular flexibility index (Phi) is 3.40. The van der Waals surface area contributed by atoms with Gasteiger partial charge in [0.15, 0.2) is 11.5 Å². The van der Waals surface area contributed by atoms with Crippen LogP contribution in [0.3, 0.4) is 0 Å². The second-order valence-corrected chi connectivity index (χ2v) is 5.94. The largest absolute Gasteiger partial charge is 0.490 e. The Morgan fingerprint density at radius 1 is 1.17 bits per heavy atom. The number of ether oxygens (including phenoxy) is 2. The van der Waals surface area contributed by atoms with Crippen molar-refractivity contribution in [3.8, 4) is 11.5 Å². The Balaban J connectivity index is 1.56. The lowest BCUT2D eigenvalue weighted by atomic mass is 9.76. The number of fused-ring (bicyclic) bond motifs is 1. The van der Waals surface area contributed by atoms with E-state index < -0.39 is 5.54 Å². The summed E-state index contributed by atoms with van der Waals surface area (Å²) in [5.41, 5.74) is 0.123. The number of nitrogens with one attached hydrogen (secondary N) is 2. The molecular weight excluding hydrogens is 296 g/mol. The molecule has 2 aromatic rings. The van der Waals surface area contributed by atoms with Crippen molar-refractivity contribution >= 4 is 5.91 Å². The van der Waals surface area contributed by atoms with Crippen molar-refractivity contribution in [3.63, 3.8) is 0 Å². The third-order valence-corrected chi connectivity index (χ3v) is 4.44. The fourth-order valence-corrected chi connectivity index (χ4v) is 2.98. The average molecular weight is 314 g/mol. The quantitative estimate of drug-likeness (QED) is 0.901. The van der Waals surface area contributed by atoms with E-state index in [0.717, 1.165) is 25.7 Å². The van der Waals surface area contributed by atoms with Crippen molar-refractivity contribution in [2.45, 2.75) is 31.2 Å². The van der Waals surface area contributed by atoms with Gasteiger partial charge in [0.1, 0.15) is 12.2 Å². The summed E-state index contributed by atoms with van der Waals surface area (Å²) >= 11 is 0. The summed E-state index contributed by atoms with van der Waals surface area (Å²) in [5.74, 6) is 1.88. The predicted octanol–water partition coefficient (Wildman–Crippen LogP) is 1.78. The number of nitrogens with zero attached hydrogens (tertiary/aromatic N) is 2. The molecule has 4 rings (SSSR count). The number of H-pyrrole nitrogens is 1. The van der Waals surface area contributed by atoms with E-state index in [1.807, 2.05) is 0 Å². The lowest BCUT2D eigenvalue weighted by Crippen LogP contribution is -2.51. The number of hydrogen-bond donors (Lipinski definition) is 2. The normalized spacial score (nSPS) is 18.6. The van der Waals surface area contributed by atoms with E-state index >= 15 is 0 Å². The molecule has 0 bridgehead atoms. The number of rotatable bonds is 3. The van der Waals surface area contributed by atoms with E-state index in [1.165, 1.54) is 6.33 Å². The molecule has 1 aromatic carbocycles. The van der Waals surface area contributed by atoms with E-state index in [1.54, 1.807) is 18.2 Å². The molecule has 1 saturated carbocycles. The van der Waals surface area contributed by atoms with Gasteiger partial charge in [-0.25, -0.2) is 4.98 Å². The maximum absolute atomic E-state index is 12.7. The van der Waals surface area contributed by atoms with Crippen molar-refractivity contribution in [3.05, 3.63) is 35.9 Å². The Labute approximate surface area is 133 Å². The van der Waals surface area contributed by atoms with Crippen LogP contribution in [0.5, 0.6) is 11.5 Å². The molecule has 7 heteroatoms. The molecule has 0 atom stereocenters. The van der Waals surface area contributed by atoms with Crippen LogP contribution in [0.25, 0.3) is 0 Å². The van der Waals surface area contributed by atoms with E-state index in [0.29, 0.717) is 36.1 Å². The first-order chi connectivity index (χ1) is 11.3. The van der Waals surface area contributed by atoms with Gasteiger partial charge in [-0.2, -0.15) is 5.10 Å². The number of aromatic nitrogens is 3. The fourth-order valence-electron chi connectivity index (χ4n) is 2.98. The van der Waals surface area contributed by atoms with E-state index in [2.05, 4.69) is 20.5 Å². The van der Waals surface area contributed by atoms with Crippen LogP contribution in [0, 0.1) is 0 Å². The summed E-state index contributed by atoms with van der Waals surface area (Å²) in [6, 6.07) is 5.29. The standard InChI is InChI=1S/C16H18N4O3/c21-14(19-16(5-1-6-16)15-17-10-18-20-15)11-3-4-12-13(9-11)23-8-2-7-22-12/h3-4,9-10H,1-2,5-8H2,(H,19,21)(H,17,18,20). The molecular formula is C16H18N4O3. The van der Waals surface area contributed by atoms with Crippen LogP contribution in [0.2, 0.25) is 0 Å². The van der Waals surface area contributed by atoms with Crippen molar-refractivity contribution in [2.75, 3.05) is 13.2 Å². The monoisotopic (exact) mass is 314 g/mol. The summed E-state index contributed by atoms with van der Waals surface area (Å²) in [5, 5.41) is 9.87. The number of carbonyl (C=O) groups is 1. The number of aromatic amines is 1. The van der Waals surface area contributed by atoms with Crippen molar-refractivity contribution in [2.24, 2.45) is 0 Å². The molecule has 23 heavy (non-hydrogen) atoms. The molecule has 1 aliphatic carbocycles. The number of amides is 1. The van der Waals surface area contributed by atoms with Crippen LogP contribution in [-0.2, 0) is 5.54 Å². The zero-order chi connectivity index (χ0) is 15.7. The minimum atomic E-state index is -0.433. The van der Waals surface area contributed by atoms with Gasteiger partial charge in [0.05, 0.1) is 18.8 Å². The maximum atomic E-state index is 12.7. The van der Waals surface area contributed by atoms with Gasteiger partial charge in [-0.15, -0.1) is 0 Å². The highest BCUT2D eigenvalue weighted by molar-refractivity contribution is 5.95. The Morgan fingerprint density at radius 2 is 2.00 bits per heavy atom. The van der Waals surface area contributed by atoms with E-state index in [4.69, 9.17) is 9.47 Å². The van der Waals surface area contributed by atoms with E-state index in [9.17, 15) is 4.79 Å². The van der Waals surface area contributed by atoms with Crippen LogP contribution >= 0.6 is 0 Å². The minimum Gasteiger partial charge on any atom is -0.490 e. The molecule has 1 fully saturated rings. The lowest BCUT2D eigenvalue weighted by Gasteiger charge is -2.40. The zero-order valence-electron chi connectivity index (χ0n) is 12.7. The van der Waals surface area contributed by atoms with Crippen LogP contribution in [0.15, 0.2) is 24.5 Å². The SMILES string of the molecule is O=C(NC1(c2ncn[nH]2)CCC1)c1ccc2c(c1)OCCCO2. The molecule has 7 nitrogen and oxygen atoms in total. The summed E-state index contributed by atoms with van der Waals surface area (Å²) in [6.45, 7) is 1.23. The highest BCUT2D eigenvalue weighted by atomic mass is 16.5. The van der Waals surface area contributed by atoms with Crippen LogP contribution < -0.4 is 14.8 Å². The topological polar surface area (TPSA) is 89.1 Å². The highest BCUT2D eigenvalue weighted by Gasteiger charge is 2.42. The third kappa shape index (κ3) is 2.52. The Morgan fingerprint density at radius 3 is 2.70 bits per heavy atom. The molecule has 1 aliphatic heterocycles. The summed E-state index contributed by atoms with van der Waals surface area (Å²) < 4.78 is 11.2. The first-order valence-electron chi connectivity index (χ1n) is 7.85. The number of carbonyl (C=O) groups excluding carboxylic acids is 1. The number of hydrogen-bond acceptors (Lipinski definition) is 5. The molecule has 0 saturated heterocycles. The third-order valence-electron chi connectivity index (χ3n) is 4.44. The Hall–Kier alpha value is -2.57. The van der Waals surface area contributed by atoms with Gasteiger partial charge in [0.25, 0.3) is 5.91 Å². The van der Waals surface area contributed by atoms with Crippen LogP contribution in [0.4, 0.5) is 0 Å². The first-order valence-corrected chi connectivity index (χ1v) is 7.85. The highest BCUT2D eigenvalue weighted by Crippen LogP contribution is 2.39. The molecule has 0 unspecified atom stereocenters. The van der Waals surface area contributed by atoms with Crippen LogP contribution in [-0.4, -0.2) is 34.3 Å². The second kappa shape index (κ2) is 5.57. The minimum absolute atomic E-state index is 0.142. The number of benzene rings is 1. The van der Waals surface area contributed by atoms with Crippen molar-refractivity contribution < 1.29 is 14.3 Å². The van der Waals surface area contributed by atoms with Gasteiger partial charge in [-0.1, -0.05) is 0 Å².